The van der Waals surface area contributed by atoms with E-state index in [1.165, 1.54) is 20.8 Å². The van der Waals surface area contributed by atoms with E-state index >= 15 is 4.39 Å². The van der Waals surface area contributed by atoms with Gasteiger partial charge in [-0.25, -0.2) is 18.5 Å². The molecule has 1 N–H and O–H groups in total. The summed E-state index contributed by atoms with van der Waals surface area (Å²) in [6, 6.07) is 0.289. The Morgan fingerprint density at radius 2 is 1.91 bits per heavy atom. The smallest absolute Gasteiger partial charge is 0.363 e. The lowest BCUT2D eigenvalue weighted by Gasteiger charge is -2.43. The molecule has 1 aromatic heterocycles. The molecule has 14 heteroatoms. The number of aromatic nitrogens is 2. The normalized spacial score (nSPS) is 23.8. The Hall–Kier alpha value is -2.86. The molecule has 1 aromatic rings. The highest BCUT2D eigenvalue weighted by molar-refractivity contribution is 6.29. The van der Waals surface area contributed by atoms with Gasteiger partial charge >= 0.3 is 17.0 Å². The number of carboxylic acid groups (broad SMARTS) is 1. The lowest BCUT2D eigenvalue weighted by atomic mass is 9.73. The van der Waals surface area contributed by atoms with E-state index in [0.717, 1.165) is 14.0 Å². The Bertz CT molecular complexity index is 1260. The van der Waals surface area contributed by atoms with E-state index < -0.39 is 61.8 Å². The number of carbonyl (C=O) groups excluding carboxylic acids is 1. The molecule has 2 rings (SSSR count). The van der Waals surface area contributed by atoms with Gasteiger partial charge in [-0.1, -0.05) is 12.1 Å². The molecule has 0 amide bonds. The zero-order valence-electron chi connectivity index (χ0n) is 18.5. The van der Waals surface area contributed by atoms with Gasteiger partial charge in [-0.2, -0.15) is 8.78 Å². The lowest BCUT2D eigenvalue weighted by Crippen LogP contribution is -2.59. The standard InChI is InChI=1S/C20H20Cl2F3N3O6/c1-9(2)26-34-19(16(31)32)7-11(15(23)14(10(3)8-29)18(19,4)21)28-13(30)6-12(20(22,24)25)27(5)17(28)33/h6-8,10H,1-5H3,(H,31,32). The monoisotopic (exact) mass is 525 g/mol. The maximum atomic E-state index is 15.8. The van der Waals surface area contributed by atoms with Gasteiger partial charge in [0, 0.05) is 30.7 Å². The van der Waals surface area contributed by atoms with Crippen LogP contribution in [0.2, 0.25) is 0 Å². The lowest BCUT2D eigenvalue weighted by molar-refractivity contribution is -0.162. The largest absolute Gasteiger partial charge is 0.478 e. The summed E-state index contributed by atoms with van der Waals surface area (Å²) in [5, 5.41) is 9.55. The molecule has 1 heterocycles. The van der Waals surface area contributed by atoms with E-state index in [2.05, 4.69) is 5.16 Å². The van der Waals surface area contributed by atoms with E-state index in [4.69, 9.17) is 28.0 Å². The van der Waals surface area contributed by atoms with Crippen molar-refractivity contribution < 1.29 is 32.7 Å². The van der Waals surface area contributed by atoms with Crippen LogP contribution in [0.5, 0.6) is 0 Å². The quantitative estimate of drug-likeness (QED) is 0.253. The van der Waals surface area contributed by atoms with Crippen molar-refractivity contribution in [3.05, 3.63) is 50.1 Å². The number of allylic oxidation sites excluding steroid dienone is 2. The van der Waals surface area contributed by atoms with Crippen molar-refractivity contribution in [3.63, 3.8) is 0 Å². The number of nitrogens with zero attached hydrogens (tertiary/aromatic N) is 3. The molecule has 1 aliphatic carbocycles. The molecule has 1 aliphatic rings. The fraction of sp³-hybridized carbons (Fsp3) is 0.450. The average molecular weight is 526 g/mol. The van der Waals surface area contributed by atoms with Gasteiger partial charge in [-0.15, -0.1) is 11.6 Å². The van der Waals surface area contributed by atoms with Gasteiger partial charge in [0.1, 0.15) is 22.7 Å². The van der Waals surface area contributed by atoms with Gasteiger partial charge in [0.25, 0.3) is 11.2 Å². The van der Waals surface area contributed by atoms with Crippen molar-refractivity contribution in [1.82, 2.24) is 9.13 Å². The summed E-state index contributed by atoms with van der Waals surface area (Å²) in [4.78, 5) is 52.4. The van der Waals surface area contributed by atoms with Gasteiger partial charge in [0.05, 0.1) is 11.4 Å². The van der Waals surface area contributed by atoms with Crippen LogP contribution in [-0.2, 0) is 26.9 Å². The summed E-state index contributed by atoms with van der Waals surface area (Å²) >= 11 is 11.4. The first-order valence-corrected chi connectivity index (χ1v) is 10.3. The summed E-state index contributed by atoms with van der Waals surface area (Å²) in [5.74, 6) is -4.55. The van der Waals surface area contributed by atoms with Crippen LogP contribution in [0.1, 0.15) is 33.4 Å². The number of aldehydes is 1. The minimum Gasteiger partial charge on any atom is -0.478 e. The van der Waals surface area contributed by atoms with Crippen molar-refractivity contribution in [1.29, 1.82) is 0 Å². The molecule has 0 saturated heterocycles. The van der Waals surface area contributed by atoms with Gasteiger partial charge in [0.2, 0.25) is 0 Å². The molecule has 9 nitrogen and oxygen atoms in total. The molecular formula is C20H20Cl2F3N3O6. The van der Waals surface area contributed by atoms with E-state index in [-0.39, 0.29) is 27.2 Å². The molecule has 186 valence electrons. The van der Waals surface area contributed by atoms with Crippen molar-refractivity contribution in [2.24, 2.45) is 18.1 Å². The Balaban J connectivity index is 3.10. The number of hydrogen-bond donors (Lipinski definition) is 1. The zero-order valence-corrected chi connectivity index (χ0v) is 20.0. The minimum absolute atomic E-state index is 0.106. The number of oxime groups is 1. The number of aliphatic carboxylic acids is 1. The summed E-state index contributed by atoms with van der Waals surface area (Å²) in [7, 11) is 0.848. The van der Waals surface area contributed by atoms with Gasteiger partial charge in [-0.3, -0.25) is 9.36 Å². The number of rotatable bonds is 7. The third-order valence-corrected chi connectivity index (χ3v) is 5.88. The topological polar surface area (TPSA) is 120 Å². The van der Waals surface area contributed by atoms with Crippen LogP contribution in [0.25, 0.3) is 5.70 Å². The molecule has 0 radical (unpaired) electrons. The van der Waals surface area contributed by atoms with Gasteiger partial charge < -0.3 is 14.7 Å². The van der Waals surface area contributed by atoms with Crippen LogP contribution in [0, 0.1) is 5.92 Å². The van der Waals surface area contributed by atoms with E-state index in [0.29, 0.717) is 6.08 Å². The first kappa shape index (κ1) is 27.4. The third-order valence-electron chi connectivity index (χ3n) is 5.21. The van der Waals surface area contributed by atoms with E-state index in [1.807, 2.05) is 0 Å². The fourth-order valence-corrected chi connectivity index (χ4v) is 4.10. The highest BCUT2D eigenvalue weighted by atomic mass is 35.5. The van der Waals surface area contributed by atoms with Crippen LogP contribution >= 0.6 is 23.2 Å². The molecule has 0 bridgehead atoms. The second kappa shape index (κ2) is 9.06. The van der Waals surface area contributed by atoms with Crippen LogP contribution < -0.4 is 11.2 Å². The third kappa shape index (κ3) is 4.31. The van der Waals surface area contributed by atoms with Crippen LogP contribution in [0.15, 0.2) is 38.3 Å². The molecule has 3 unspecified atom stereocenters. The highest BCUT2D eigenvalue weighted by Crippen LogP contribution is 2.50. The molecule has 0 aromatic carbocycles. The van der Waals surface area contributed by atoms with Crippen molar-refractivity contribution >= 4 is 46.9 Å². The van der Waals surface area contributed by atoms with Gasteiger partial charge in [-0.05, 0) is 32.4 Å². The molecule has 0 aliphatic heterocycles. The first-order valence-electron chi connectivity index (χ1n) is 9.55. The number of alkyl halides is 4. The maximum absolute atomic E-state index is 15.8. The summed E-state index contributed by atoms with van der Waals surface area (Å²) in [6.45, 7) is 5.16. The Morgan fingerprint density at radius 1 is 1.35 bits per heavy atom. The zero-order chi connectivity index (χ0) is 26.4. The summed E-state index contributed by atoms with van der Waals surface area (Å²) in [6.07, 6.45) is 0.796. The molecule has 0 saturated carbocycles. The molecule has 0 fully saturated rings. The van der Waals surface area contributed by atoms with E-state index in [1.54, 1.807) is 0 Å². The fourth-order valence-electron chi connectivity index (χ4n) is 3.49. The van der Waals surface area contributed by atoms with Crippen LogP contribution in [0.3, 0.4) is 0 Å². The Kier molecular flexibility index (Phi) is 7.30. The van der Waals surface area contributed by atoms with Crippen molar-refractivity contribution in [3.8, 4) is 0 Å². The average Bonchev–Trinajstić information content (AvgIpc) is 2.69. The van der Waals surface area contributed by atoms with Gasteiger partial charge in [0.15, 0.2) is 0 Å². The minimum atomic E-state index is -4.12. The van der Waals surface area contributed by atoms with Crippen LogP contribution in [-0.4, -0.2) is 42.7 Å². The van der Waals surface area contributed by atoms with Crippen molar-refractivity contribution in [2.45, 2.75) is 43.6 Å². The second-order valence-corrected chi connectivity index (χ2v) is 9.13. The molecule has 34 heavy (non-hydrogen) atoms. The number of halogens is 5. The first-order chi connectivity index (χ1) is 15.4. The number of carboxylic acids is 1. The Morgan fingerprint density at radius 3 is 2.35 bits per heavy atom. The number of carbonyl (C=O) groups is 2. The second-order valence-electron chi connectivity index (χ2n) is 7.90. The predicted molar refractivity (Wildman–Crippen MR) is 118 cm³/mol. The Labute approximate surface area is 200 Å². The molecule has 3 atom stereocenters. The number of hydrogen-bond acceptors (Lipinski definition) is 6. The SMILES string of the molecule is CC(C)=NOC1(C(=O)O)C=C(n2c(=O)cc(C(F)(F)Cl)n(C)c2=O)C(F)=C(C(C)C=O)C1(C)Cl. The van der Waals surface area contributed by atoms with Crippen molar-refractivity contribution in [2.75, 3.05) is 0 Å². The predicted octanol–water partition coefficient (Wildman–Crippen LogP) is 2.98. The summed E-state index contributed by atoms with van der Waals surface area (Å²) in [5.41, 5.74) is -8.23. The van der Waals surface area contributed by atoms with Crippen LogP contribution in [0.4, 0.5) is 13.2 Å². The highest BCUT2D eigenvalue weighted by Gasteiger charge is 2.62. The maximum Gasteiger partial charge on any atom is 0.363 e. The van der Waals surface area contributed by atoms with E-state index in [9.17, 15) is 33.1 Å². The molecular weight excluding hydrogens is 506 g/mol. The molecule has 0 spiro atoms. The summed E-state index contributed by atoms with van der Waals surface area (Å²) < 4.78 is 43.4.